The average molecular weight is 1000 g/mol. The molecule has 2 aromatic heterocycles. The van der Waals surface area contributed by atoms with E-state index in [2.05, 4.69) is 88.7 Å². The monoisotopic (exact) mass is 1000 g/mol. The predicted octanol–water partition coefficient (Wildman–Crippen LogP) is 5.49. The molecule has 4 aliphatic rings. The third-order valence-corrected chi connectivity index (χ3v) is 14.1. The summed E-state index contributed by atoms with van der Waals surface area (Å²) in [4.78, 5) is 71.4. The highest BCUT2D eigenvalue weighted by atomic mass is 16.2. The van der Waals surface area contributed by atoms with Crippen molar-refractivity contribution in [1.29, 1.82) is 5.26 Å². The van der Waals surface area contributed by atoms with Gasteiger partial charge in [0.1, 0.15) is 23.3 Å². The highest BCUT2D eigenvalue weighted by molar-refractivity contribution is 5.95. The summed E-state index contributed by atoms with van der Waals surface area (Å²) in [6, 6.07) is 26.3. The SMILES string of the molecule is CN1CCC(NC(=O)c2ccc(Nc3ncc(C#Cc4ccccc4)c(N[C@@H]4CCC[C@@H]4C(N)=O)n3)cc2)CC1.CN1CCC(NC(=O)c2ccc(Nc3ncc(C#N)c(N[C@@H]4CCC[C@@H]4C(N)=O)n3)cc2)CC1. The van der Waals surface area contributed by atoms with Gasteiger partial charge in [0.05, 0.1) is 29.8 Å². The van der Waals surface area contributed by atoms with E-state index in [0.717, 1.165) is 102 Å². The second-order valence-corrected chi connectivity index (χ2v) is 19.5. The Hall–Kier alpha value is -8.13. The lowest BCUT2D eigenvalue weighted by Crippen LogP contribution is -2.43. The summed E-state index contributed by atoms with van der Waals surface area (Å²) in [6.07, 6.45) is 11.8. The molecule has 0 unspecified atom stereocenters. The van der Waals surface area contributed by atoms with E-state index in [-0.39, 0.29) is 59.6 Å². The summed E-state index contributed by atoms with van der Waals surface area (Å²) in [5, 5.41) is 28.6. The Kier molecular flexibility index (Phi) is 17.6. The van der Waals surface area contributed by atoms with Gasteiger partial charge < -0.3 is 53.2 Å². The van der Waals surface area contributed by atoms with Crippen LogP contribution in [0.2, 0.25) is 0 Å². The number of benzene rings is 3. The molecule has 0 radical (unpaired) electrons. The number of hydrogen-bond donors (Lipinski definition) is 8. The normalized spacial score (nSPS) is 20.1. The minimum Gasteiger partial charge on any atom is -0.369 e. The van der Waals surface area contributed by atoms with Gasteiger partial charge in [-0.1, -0.05) is 42.9 Å². The number of amides is 4. The Morgan fingerprint density at radius 3 is 1.43 bits per heavy atom. The van der Waals surface area contributed by atoms with Crippen LogP contribution < -0.4 is 43.4 Å². The van der Waals surface area contributed by atoms with Gasteiger partial charge in [-0.15, -0.1) is 0 Å². The molecule has 9 rings (SSSR count). The van der Waals surface area contributed by atoms with Crippen molar-refractivity contribution in [1.82, 2.24) is 40.4 Å². The molecule has 2 saturated carbocycles. The Bertz CT molecular complexity index is 2850. The molecule has 2 aliphatic carbocycles. The first-order valence-corrected chi connectivity index (χ1v) is 25.4. The molecule has 4 fully saturated rings. The highest BCUT2D eigenvalue weighted by Gasteiger charge is 2.33. The molecule has 10 N–H and O–H groups in total. The molecule has 19 nitrogen and oxygen atoms in total. The zero-order valence-corrected chi connectivity index (χ0v) is 41.9. The summed E-state index contributed by atoms with van der Waals surface area (Å²) >= 11 is 0. The van der Waals surface area contributed by atoms with Crippen molar-refractivity contribution < 1.29 is 19.2 Å². The second kappa shape index (κ2) is 25.0. The van der Waals surface area contributed by atoms with Crippen LogP contribution in [0.1, 0.15) is 102 Å². The van der Waals surface area contributed by atoms with Crippen LogP contribution in [0.3, 0.4) is 0 Å². The van der Waals surface area contributed by atoms with Crippen molar-refractivity contribution in [3.8, 4) is 17.9 Å². The molecule has 3 aromatic carbocycles. The van der Waals surface area contributed by atoms with Crippen molar-refractivity contribution in [3.05, 3.63) is 119 Å². The van der Waals surface area contributed by atoms with Crippen molar-refractivity contribution >= 4 is 58.5 Å². The molecule has 0 bridgehead atoms. The lowest BCUT2D eigenvalue weighted by atomic mass is 10.0. The molecule has 4 atom stereocenters. The fourth-order valence-corrected chi connectivity index (χ4v) is 9.75. The van der Waals surface area contributed by atoms with E-state index in [1.807, 2.05) is 42.5 Å². The molecular formula is C55H65N15O4. The smallest absolute Gasteiger partial charge is 0.251 e. The first-order chi connectivity index (χ1) is 35.9. The number of nitrogens with zero attached hydrogens (tertiary/aromatic N) is 7. The van der Waals surface area contributed by atoms with Gasteiger partial charge >= 0.3 is 0 Å². The Morgan fingerprint density at radius 1 is 0.568 bits per heavy atom. The summed E-state index contributed by atoms with van der Waals surface area (Å²) < 4.78 is 0. The van der Waals surface area contributed by atoms with Gasteiger partial charge in [0, 0.05) is 52.2 Å². The number of nitrogens with one attached hydrogen (secondary N) is 6. The van der Waals surface area contributed by atoms with Gasteiger partial charge in [-0.3, -0.25) is 19.2 Å². The Labute approximate surface area is 432 Å². The van der Waals surface area contributed by atoms with E-state index in [9.17, 15) is 24.4 Å². The van der Waals surface area contributed by atoms with E-state index >= 15 is 0 Å². The molecule has 2 saturated heterocycles. The average Bonchev–Trinajstić information content (AvgIpc) is 4.09. The Balaban J connectivity index is 0.000000200. The van der Waals surface area contributed by atoms with Crippen molar-refractivity contribution in [2.24, 2.45) is 23.3 Å². The third-order valence-electron chi connectivity index (χ3n) is 14.1. The molecule has 0 spiro atoms. The lowest BCUT2D eigenvalue weighted by Gasteiger charge is -2.29. The lowest BCUT2D eigenvalue weighted by molar-refractivity contribution is -0.122. The third kappa shape index (κ3) is 14.3. The maximum Gasteiger partial charge on any atom is 0.251 e. The van der Waals surface area contributed by atoms with Gasteiger partial charge in [-0.2, -0.15) is 15.2 Å². The molecule has 2 aliphatic heterocycles. The van der Waals surface area contributed by atoms with Crippen LogP contribution in [0.15, 0.2) is 91.3 Å². The molecule has 74 heavy (non-hydrogen) atoms. The van der Waals surface area contributed by atoms with E-state index in [1.54, 1.807) is 42.6 Å². The fourth-order valence-electron chi connectivity index (χ4n) is 9.75. The van der Waals surface area contributed by atoms with Crippen LogP contribution in [0.4, 0.5) is 34.9 Å². The molecule has 4 heterocycles. The summed E-state index contributed by atoms with van der Waals surface area (Å²) in [5.41, 5.74) is 15.6. The minimum absolute atomic E-state index is 0.0641. The molecule has 5 aromatic rings. The van der Waals surface area contributed by atoms with Gasteiger partial charge in [-0.25, -0.2) is 9.97 Å². The topological polar surface area (TPSA) is 274 Å². The van der Waals surface area contributed by atoms with Crippen molar-refractivity contribution in [3.63, 3.8) is 0 Å². The highest BCUT2D eigenvalue weighted by Crippen LogP contribution is 2.31. The minimum atomic E-state index is -0.346. The van der Waals surface area contributed by atoms with E-state index in [0.29, 0.717) is 51.5 Å². The zero-order chi connectivity index (χ0) is 52.0. The summed E-state index contributed by atoms with van der Waals surface area (Å²) in [5.74, 6) is 6.58. The standard InChI is InChI=1S/C31H35N7O2.C24H30N8O2/c1-38-18-16-25(17-19-38)34-30(40)22-12-14-24(15-13-22)35-31-33-20-23(11-10-21-6-3-2-4-7-21)29(37-31)36-27-9-5-8-26(27)28(32)39;1-32-11-9-18(10-12-32)28-23(34)15-5-7-17(8-6-15)29-24-27-14-16(13-25)22(31-24)30-20-4-2-3-19(20)21(26)33/h2-4,6-7,12-15,20,25-27H,5,8-9,16-19H2,1H3,(H2,32,39)(H,34,40)(H2,33,35,36,37);5-8,14,18-20H,2-4,9-12H2,1H3,(H2,26,33)(H,28,34)(H2,27,29,30,31)/t26-,27+;19-,20+/m00/s1. The zero-order valence-electron chi connectivity index (χ0n) is 41.9. The summed E-state index contributed by atoms with van der Waals surface area (Å²) in [7, 11) is 4.19. The van der Waals surface area contributed by atoms with E-state index < -0.39 is 0 Å². The number of nitrogens with two attached hydrogens (primary N) is 2. The quantitative estimate of drug-likeness (QED) is 0.0639. The van der Waals surface area contributed by atoms with Crippen LogP contribution in [0.5, 0.6) is 0 Å². The van der Waals surface area contributed by atoms with Crippen LogP contribution in [-0.2, 0) is 9.59 Å². The number of anilines is 6. The van der Waals surface area contributed by atoms with Gasteiger partial charge in [0.2, 0.25) is 23.7 Å². The molecule has 19 heteroatoms. The second-order valence-electron chi connectivity index (χ2n) is 19.5. The molecule has 384 valence electrons. The number of primary amides is 2. The predicted molar refractivity (Wildman–Crippen MR) is 285 cm³/mol. The number of nitriles is 1. The van der Waals surface area contributed by atoms with Gasteiger partial charge in [0.15, 0.2) is 0 Å². The maximum atomic E-state index is 12.7. The van der Waals surface area contributed by atoms with E-state index in [4.69, 9.17) is 16.5 Å². The summed E-state index contributed by atoms with van der Waals surface area (Å²) in [6.45, 7) is 3.95. The largest absolute Gasteiger partial charge is 0.369 e. The van der Waals surface area contributed by atoms with Crippen LogP contribution >= 0.6 is 0 Å². The maximum absolute atomic E-state index is 12.7. The first-order valence-electron chi connectivity index (χ1n) is 25.4. The number of likely N-dealkylation sites (tertiary alicyclic amines) is 2. The number of carbonyl (C=O) groups excluding carboxylic acids is 4. The molecule has 4 amide bonds. The van der Waals surface area contributed by atoms with Gasteiger partial charge in [-0.05, 0) is 152 Å². The van der Waals surface area contributed by atoms with Crippen LogP contribution in [0.25, 0.3) is 0 Å². The Morgan fingerprint density at radius 2 is 1.00 bits per heavy atom. The van der Waals surface area contributed by atoms with Gasteiger partial charge in [0.25, 0.3) is 11.8 Å². The van der Waals surface area contributed by atoms with Crippen molar-refractivity contribution in [2.75, 3.05) is 61.5 Å². The number of hydrogen-bond acceptors (Lipinski definition) is 15. The first kappa shape index (κ1) is 52.2. The number of aromatic nitrogens is 4. The number of carbonyl (C=O) groups is 4. The van der Waals surface area contributed by atoms with E-state index in [1.165, 1.54) is 6.20 Å². The number of rotatable bonds is 14. The fraction of sp³-hybridized carbons (Fsp3) is 0.400. The number of piperidine rings is 2. The van der Waals surface area contributed by atoms with Crippen LogP contribution in [-0.4, -0.2) is 118 Å². The molecular weight excluding hydrogens is 935 g/mol. The van der Waals surface area contributed by atoms with Crippen molar-refractivity contribution in [2.45, 2.75) is 88.4 Å². The van der Waals surface area contributed by atoms with Crippen LogP contribution in [0, 0.1) is 35.0 Å².